The van der Waals surface area contributed by atoms with Gasteiger partial charge in [0.25, 0.3) is 0 Å². The molecule has 0 radical (unpaired) electrons. The van der Waals surface area contributed by atoms with E-state index in [0.29, 0.717) is 23.1 Å². The van der Waals surface area contributed by atoms with Crippen LogP contribution in [0.5, 0.6) is 0 Å². The van der Waals surface area contributed by atoms with E-state index in [2.05, 4.69) is 33.0 Å². The van der Waals surface area contributed by atoms with Crippen LogP contribution in [0.4, 0.5) is 5.00 Å². The van der Waals surface area contributed by atoms with Crippen molar-refractivity contribution in [2.24, 2.45) is 17.3 Å². The predicted molar refractivity (Wildman–Crippen MR) is 108 cm³/mol. The first-order valence-electron chi connectivity index (χ1n) is 9.81. The molecule has 2 rings (SSSR count). The van der Waals surface area contributed by atoms with Crippen LogP contribution in [0.2, 0.25) is 0 Å². The number of amides is 1. The first-order valence-corrected chi connectivity index (χ1v) is 10.6. The number of anilines is 1. The summed E-state index contributed by atoms with van der Waals surface area (Å²) in [6, 6.07) is 0. The summed E-state index contributed by atoms with van der Waals surface area (Å²) in [7, 11) is 0. The van der Waals surface area contributed by atoms with E-state index < -0.39 is 0 Å². The molecule has 0 saturated heterocycles. The molecule has 1 N–H and O–H groups in total. The first-order chi connectivity index (χ1) is 12.2. The average Bonchev–Trinajstić information content (AvgIpc) is 2.91. The number of thiophene rings is 1. The zero-order valence-electron chi connectivity index (χ0n) is 17.0. The highest BCUT2D eigenvalue weighted by molar-refractivity contribution is 7.17. The minimum absolute atomic E-state index is 0.0108. The molecule has 0 bridgehead atoms. The summed E-state index contributed by atoms with van der Waals surface area (Å²) in [5.41, 5.74) is 1.92. The normalized spacial score (nSPS) is 18.2. The minimum atomic E-state index is -0.308. The Morgan fingerprint density at radius 2 is 2.00 bits per heavy atom. The second-order valence-corrected chi connectivity index (χ2v) is 9.52. The number of esters is 1. The molecule has 146 valence electrons. The van der Waals surface area contributed by atoms with Crippen LogP contribution in [0.1, 0.15) is 81.6 Å². The van der Waals surface area contributed by atoms with E-state index in [-0.39, 0.29) is 23.2 Å². The Kier molecular flexibility index (Phi) is 6.89. The van der Waals surface area contributed by atoms with E-state index in [4.69, 9.17) is 4.74 Å². The van der Waals surface area contributed by atoms with Crippen LogP contribution in [0.3, 0.4) is 0 Å². The molecule has 0 spiro atoms. The maximum atomic E-state index is 12.6. The van der Waals surface area contributed by atoms with Crippen LogP contribution in [-0.4, -0.2) is 18.5 Å². The van der Waals surface area contributed by atoms with Crippen LogP contribution in [0.15, 0.2) is 0 Å². The molecule has 0 aliphatic heterocycles. The number of fused-ring (bicyclic) bond motifs is 1. The molecule has 0 saturated carbocycles. The Morgan fingerprint density at radius 1 is 1.31 bits per heavy atom. The summed E-state index contributed by atoms with van der Waals surface area (Å²) in [5.74, 6) is 0.212. The fourth-order valence-corrected chi connectivity index (χ4v) is 4.95. The molecule has 26 heavy (non-hydrogen) atoms. The predicted octanol–water partition coefficient (Wildman–Crippen LogP) is 5.45. The Balaban J connectivity index is 2.34. The summed E-state index contributed by atoms with van der Waals surface area (Å²) < 4.78 is 5.29. The largest absolute Gasteiger partial charge is 0.462 e. The lowest BCUT2D eigenvalue weighted by molar-refractivity contribution is -0.119. The number of ether oxygens (including phenoxy) is 1. The fraction of sp³-hybridized carbons (Fsp3) is 0.714. The van der Waals surface area contributed by atoms with Crippen molar-refractivity contribution >= 4 is 28.2 Å². The highest BCUT2D eigenvalue weighted by Gasteiger charge is 2.34. The highest BCUT2D eigenvalue weighted by Crippen LogP contribution is 2.44. The second-order valence-electron chi connectivity index (χ2n) is 8.41. The van der Waals surface area contributed by atoms with E-state index in [9.17, 15) is 9.59 Å². The van der Waals surface area contributed by atoms with Gasteiger partial charge in [-0.3, -0.25) is 4.79 Å². The molecule has 5 heteroatoms. The number of carbonyl (C=O) groups is 2. The third-order valence-corrected chi connectivity index (χ3v) is 6.55. The Bertz CT molecular complexity index is 657. The van der Waals surface area contributed by atoms with Gasteiger partial charge in [-0.15, -0.1) is 11.3 Å². The molecule has 0 unspecified atom stereocenters. The third-order valence-electron chi connectivity index (χ3n) is 5.38. The summed E-state index contributed by atoms with van der Waals surface area (Å²) in [4.78, 5) is 26.3. The van der Waals surface area contributed by atoms with E-state index in [1.165, 1.54) is 4.88 Å². The van der Waals surface area contributed by atoms with Crippen molar-refractivity contribution in [2.45, 2.75) is 73.6 Å². The van der Waals surface area contributed by atoms with Gasteiger partial charge in [-0.2, -0.15) is 0 Å². The Hall–Kier alpha value is -1.36. The Morgan fingerprint density at radius 3 is 2.58 bits per heavy atom. The molecule has 1 aliphatic rings. The van der Waals surface area contributed by atoms with E-state index in [1.54, 1.807) is 11.3 Å². The maximum absolute atomic E-state index is 12.6. The van der Waals surface area contributed by atoms with Crippen molar-refractivity contribution < 1.29 is 14.3 Å². The van der Waals surface area contributed by atoms with Gasteiger partial charge < -0.3 is 10.1 Å². The topological polar surface area (TPSA) is 55.4 Å². The zero-order valence-corrected chi connectivity index (χ0v) is 17.8. The molecule has 1 aromatic rings. The van der Waals surface area contributed by atoms with Gasteiger partial charge in [0.2, 0.25) is 5.91 Å². The van der Waals surface area contributed by atoms with Gasteiger partial charge in [-0.1, -0.05) is 41.0 Å². The lowest BCUT2D eigenvalue weighted by Crippen LogP contribution is -2.26. The molecule has 1 aromatic heterocycles. The van der Waals surface area contributed by atoms with Crippen LogP contribution in [0.25, 0.3) is 0 Å². The van der Waals surface area contributed by atoms with Gasteiger partial charge >= 0.3 is 5.97 Å². The molecule has 1 aliphatic carbocycles. The maximum Gasteiger partial charge on any atom is 0.341 e. The van der Waals surface area contributed by atoms with E-state index in [0.717, 1.165) is 37.7 Å². The van der Waals surface area contributed by atoms with E-state index >= 15 is 0 Å². The number of hydrogen-bond acceptors (Lipinski definition) is 4. The van der Waals surface area contributed by atoms with Gasteiger partial charge in [0.05, 0.1) is 12.2 Å². The average molecular weight is 380 g/mol. The fourth-order valence-electron chi connectivity index (χ4n) is 3.63. The van der Waals surface area contributed by atoms with E-state index in [1.807, 2.05) is 13.8 Å². The lowest BCUT2D eigenvalue weighted by atomic mass is 9.72. The van der Waals surface area contributed by atoms with Crippen molar-refractivity contribution in [3.8, 4) is 0 Å². The molecular formula is C21H33NO3S. The zero-order chi connectivity index (χ0) is 19.5. The summed E-state index contributed by atoms with van der Waals surface area (Å²) in [6.07, 6.45) is 4.73. The number of hydrogen-bond donors (Lipinski definition) is 1. The lowest BCUT2D eigenvalue weighted by Gasteiger charge is -2.33. The summed E-state index contributed by atoms with van der Waals surface area (Å²) in [5, 5.41) is 3.70. The van der Waals surface area contributed by atoms with Crippen LogP contribution in [0, 0.1) is 17.3 Å². The van der Waals surface area contributed by atoms with Crippen molar-refractivity contribution in [1.29, 1.82) is 0 Å². The SMILES string of the molecule is CCC[C@@H](C)C(=O)Nc1sc2c(c1C(=O)OCC)CC[C@@H](C(C)(C)C)C2. The van der Waals surface area contributed by atoms with Crippen molar-refractivity contribution in [2.75, 3.05) is 11.9 Å². The van der Waals surface area contributed by atoms with Crippen molar-refractivity contribution in [3.63, 3.8) is 0 Å². The highest BCUT2D eigenvalue weighted by atomic mass is 32.1. The van der Waals surface area contributed by atoms with Gasteiger partial charge in [0.15, 0.2) is 0 Å². The minimum Gasteiger partial charge on any atom is -0.462 e. The standard InChI is InChI=1S/C21H33NO3S/c1-7-9-13(3)18(23)22-19-17(20(24)25-8-2)15-11-10-14(21(4,5)6)12-16(15)26-19/h13-14H,7-12H2,1-6H3,(H,22,23)/t13-,14-/m1/s1. The van der Waals surface area contributed by atoms with Crippen LogP contribution in [-0.2, 0) is 22.4 Å². The molecule has 4 nitrogen and oxygen atoms in total. The number of carbonyl (C=O) groups excluding carboxylic acids is 2. The van der Waals surface area contributed by atoms with Crippen LogP contribution >= 0.6 is 11.3 Å². The molecule has 0 aromatic carbocycles. The molecule has 1 heterocycles. The molecule has 1 amide bonds. The number of rotatable bonds is 6. The second kappa shape index (κ2) is 8.55. The summed E-state index contributed by atoms with van der Waals surface area (Å²) >= 11 is 1.57. The Labute approximate surface area is 161 Å². The van der Waals surface area contributed by atoms with Gasteiger partial charge in [0, 0.05) is 10.8 Å². The van der Waals surface area contributed by atoms with Crippen molar-refractivity contribution in [1.82, 2.24) is 0 Å². The third kappa shape index (κ3) is 4.67. The van der Waals surface area contributed by atoms with Crippen LogP contribution < -0.4 is 5.32 Å². The summed E-state index contributed by atoms with van der Waals surface area (Å²) in [6.45, 7) is 13.0. The van der Waals surface area contributed by atoms with Gasteiger partial charge in [-0.05, 0) is 49.5 Å². The first kappa shape index (κ1) is 20.9. The monoisotopic (exact) mass is 379 g/mol. The van der Waals surface area contributed by atoms with Gasteiger partial charge in [0.1, 0.15) is 5.00 Å². The van der Waals surface area contributed by atoms with Crippen molar-refractivity contribution in [3.05, 3.63) is 16.0 Å². The quantitative estimate of drug-likeness (QED) is 0.669. The van der Waals surface area contributed by atoms with Gasteiger partial charge in [-0.25, -0.2) is 4.79 Å². The molecule has 2 atom stereocenters. The molecule has 0 fully saturated rings. The molecular weight excluding hydrogens is 346 g/mol. The smallest absolute Gasteiger partial charge is 0.341 e. The number of nitrogens with one attached hydrogen (secondary N) is 1.